The predicted octanol–water partition coefficient (Wildman–Crippen LogP) is 5.37. The van der Waals surface area contributed by atoms with Gasteiger partial charge in [0.25, 0.3) is 0 Å². The fourth-order valence-corrected chi connectivity index (χ4v) is 3.91. The monoisotopic (exact) mass is 354 g/mol. The molecule has 0 amide bonds. The summed E-state index contributed by atoms with van der Waals surface area (Å²) in [5.41, 5.74) is 5.34. The van der Waals surface area contributed by atoms with E-state index in [1.807, 2.05) is 31.2 Å². The zero-order valence-corrected chi connectivity index (χ0v) is 16.1. The zero-order chi connectivity index (χ0) is 19.0. The van der Waals surface area contributed by atoms with Gasteiger partial charge in [0, 0.05) is 23.6 Å². The minimum absolute atomic E-state index is 0.173. The summed E-state index contributed by atoms with van der Waals surface area (Å²) in [5, 5.41) is 2.03. The molecule has 0 aliphatic rings. The van der Waals surface area contributed by atoms with Gasteiger partial charge in [0.05, 0.1) is 10.8 Å². The molecule has 0 fully saturated rings. The smallest absolute Gasteiger partial charge is 0.213 e. The maximum atomic E-state index is 13.6. The van der Waals surface area contributed by atoms with E-state index in [0.29, 0.717) is 0 Å². The molecule has 0 aliphatic heterocycles. The van der Waals surface area contributed by atoms with E-state index < -0.39 is 0 Å². The van der Waals surface area contributed by atoms with E-state index in [2.05, 4.69) is 67.1 Å². The van der Waals surface area contributed by atoms with Crippen LogP contribution in [0.25, 0.3) is 21.8 Å². The number of fused-ring (bicyclic) bond motifs is 2. The minimum Gasteiger partial charge on any atom is -0.293 e. The summed E-state index contributed by atoms with van der Waals surface area (Å²) in [4.78, 5) is 13.6. The van der Waals surface area contributed by atoms with Crippen LogP contribution in [-0.2, 0) is 13.5 Å². The molecular weight excluding hydrogens is 330 g/mol. The molecule has 0 saturated carbocycles. The lowest BCUT2D eigenvalue weighted by molar-refractivity contribution is -0.617. The summed E-state index contributed by atoms with van der Waals surface area (Å²) in [6.07, 6.45) is 1.01. The number of hydrogen-bond acceptors (Lipinski definition) is 1. The molecule has 0 radical (unpaired) electrons. The number of carbonyl (C=O) groups is 1. The maximum absolute atomic E-state index is 13.6. The number of aryl methyl sites for hydroxylation is 2. The number of nitrogens with zero attached hydrogens (tertiary/aromatic N) is 1. The molecule has 0 bridgehead atoms. The molecule has 0 N–H and O–H groups in total. The zero-order valence-electron chi connectivity index (χ0n) is 16.1. The van der Waals surface area contributed by atoms with E-state index in [1.165, 1.54) is 5.56 Å². The van der Waals surface area contributed by atoms with E-state index in [9.17, 15) is 4.79 Å². The molecular formula is C25H24NO+. The number of hydrogen-bond donors (Lipinski definition) is 0. The van der Waals surface area contributed by atoms with Gasteiger partial charge in [0.15, 0.2) is 5.78 Å². The van der Waals surface area contributed by atoms with Crippen LogP contribution in [0.4, 0.5) is 0 Å². The first-order valence-corrected chi connectivity index (χ1v) is 9.54. The van der Waals surface area contributed by atoms with Gasteiger partial charge in [0.2, 0.25) is 11.0 Å². The molecule has 134 valence electrons. The van der Waals surface area contributed by atoms with Crippen molar-refractivity contribution in [2.75, 3.05) is 0 Å². The number of para-hydroxylation sites is 2. The highest BCUT2D eigenvalue weighted by atomic mass is 16.1. The van der Waals surface area contributed by atoms with Gasteiger partial charge < -0.3 is 0 Å². The van der Waals surface area contributed by atoms with Crippen LogP contribution in [0.3, 0.4) is 0 Å². The van der Waals surface area contributed by atoms with Gasteiger partial charge in [-0.15, -0.1) is 0 Å². The van der Waals surface area contributed by atoms with Crippen LogP contribution in [0.15, 0.2) is 72.8 Å². The van der Waals surface area contributed by atoms with E-state index in [4.69, 9.17) is 0 Å². The first kappa shape index (κ1) is 17.4. The highest BCUT2D eigenvalue weighted by Gasteiger charge is 2.26. The maximum Gasteiger partial charge on any atom is 0.213 e. The van der Waals surface area contributed by atoms with Crippen LogP contribution >= 0.6 is 0 Å². The van der Waals surface area contributed by atoms with Crippen LogP contribution in [0.2, 0.25) is 0 Å². The van der Waals surface area contributed by atoms with Crippen molar-refractivity contribution >= 4 is 27.6 Å². The Kier molecular flexibility index (Phi) is 4.49. The Morgan fingerprint density at radius 1 is 0.852 bits per heavy atom. The lowest BCUT2D eigenvalue weighted by Crippen LogP contribution is -2.31. The molecule has 4 rings (SSSR count). The Balaban J connectivity index is 1.93. The topological polar surface area (TPSA) is 20.9 Å². The van der Waals surface area contributed by atoms with E-state index in [1.54, 1.807) is 0 Å². The second-order valence-corrected chi connectivity index (χ2v) is 7.15. The lowest BCUT2D eigenvalue weighted by atomic mass is 9.88. The minimum atomic E-state index is -0.185. The van der Waals surface area contributed by atoms with Crippen LogP contribution in [-0.4, -0.2) is 5.78 Å². The second kappa shape index (κ2) is 6.96. The Morgan fingerprint density at radius 2 is 1.37 bits per heavy atom. The van der Waals surface area contributed by atoms with Gasteiger partial charge in [-0.3, -0.25) is 4.79 Å². The SMILES string of the molecule is CCc1ccc(C(C)C(=O)c2c3ccccc3[n+](C)c3ccccc23)cc1. The molecule has 3 aromatic carbocycles. The standard InChI is InChI=1S/C25H24NO/c1-4-18-13-15-19(16-14-18)17(2)25(27)24-20-9-5-7-11-22(20)26(3)23-12-8-6-10-21(23)24/h5-17H,4H2,1-3H3/q+1. The van der Waals surface area contributed by atoms with Gasteiger partial charge in [-0.25, -0.2) is 0 Å². The predicted molar refractivity (Wildman–Crippen MR) is 111 cm³/mol. The molecule has 0 spiro atoms. The fourth-order valence-electron chi connectivity index (χ4n) is 3.91. The third-order valence-electron chi connectivity index (χ3n) is 5.60. The number of ketones is 1. The molecule has 27 heavy (non-hydrogen) atoms. The molecule has 0 aliphatic carbocycles. The molecule has 1 atom stereocenters. The van der Waals surface area contributed by atoms with Crippen LogP contribution in [0, 0.1) is 0 Å². The van der Waals surface area contributed by atoms with E-state index >= 15 is 0 Å². The average Bonchev–Trinajstić information content (AvgIpc) is 2.73. The van der Waals surface area contributed by atoms with E-state index in [0.717, 1.165) is 39.4 Å². The van der Waals surface area contributed by atoms with Crippen molar-refractivity contribution < 1.29 is 9.36 Å². The van der Waals surface area contributed by atoms with Crippen molar-refractivity contribution in [1.29, 1.82) is 0 Å². The molecule has 1 heterocycles. The fraction of sp³-hybridized carbons (Fsp3) is 0.200. The summed E-state index contributed by atoms with van der Waals surface area (Å²) in [6, 6.07) is 24.8. The van der Waals surface area contributed by atoms with Crippen LogP contribution < -0.4 is 4.57 Å². The Bertz CT molecular complexity index is 1090. The third-order valence-corrected chi connectivity index (χ3v) is 5.60. The summed E-state index contributed by atoms with van der Waals surface area (Å²) < 4.78 is 2.17. The van der Waals surface area contributed by atoms with E-state index in [-0.39, 0.29) is 11.7 Å². The third kappa shape index (κ3) is 2.91. The number of carbonyl (C=O) groups excluding carboxylic acids is 1. The molecule has 1 unspecified atom stereocenters. The number of Topliss-reactive ketones (excluding diaryl/α,β-unsaturated/α-hetero) is 1. The van der Waals surface area contributed by atoms with Gasteiger partial charge in [-0.1, -0.05) is 62.4 Å². The Morgan fingerprint density at radius 3 is 1.89 bits per heavy atom. The number of benzene rings is 3. The summed E-state index contributed by atoms with van der Waals surface area (Å²) in [6.45, 7) is 4.16. The second-order valence-electron chi connectivity index (χ2n) is 7.15. The Labute approximate surface area is 160 Å². The van der Waals surface area contributed by atoms with Gasteiger partial charge in [-0.05, 0) is 29.7 Å². The Hall–Kier alpha value is -3.00. The highest BCUT2D eigenvalue weighted by molar-refractivity contribution is 6.17. The van der Waals surface area contributed by atoms with Crippen molar-refractivity contribution in [3.8, 4) is 0 Å². The van der Waals surface area contributed by atoms with Gasteiger partial charge in [-0.2, -0.15) is 4.57 Å². The first-order chi connectivity index (χ1) is 13.1. The van der Waals surface area contributed by atoms with Crippen molar-refractivity contribution in [1.82, 2.24) is 0 Å². The van der Waals surface area contributed by atoms with Crippen molar-refractivity contribution in [3.63, 3.8) is 0 Å². The molecule has 1 aromatic heterocycles. The van der Waals surface area contributed by atoms with Crippen LogP contribution in [0.5, 0.6) is 0 Å². The number of rotatable bonds is 4. The number of aromatic nitrogens is 1. The summed E-state index contributed by atoms with van der Waals surface area (Å²) >= 11 is 0. The highest BCUT2D eigenvalue weighted by Crippen LogP contribution is 2.30. The van der Waals surface area contributed by atoms with Crippen LogP contribution in [0.1, 0.15) is 41.3 Å². The summed E-state index contributed by atoms with van der Waals surface area (Å²) in [7, 11) is 2.06. The molecule has 2 nitrogen and oxygen atoms in total. The quantitative estimate of drug-likeness (QED) is 0.274. The molecule has 2 heteroatoms. The normalized spacial score (nSPS) is 12.4. The first-order valence-electron chi connectivity index (χ1n) is 9.54. The number of pyridine rings is 1. The molecule has 0 saturated heterocycles. The van der Waals surface area contributed by atoms with Crippen molar-refractivity contribution in [3.05, 3.63) is 89.5 Å². The lowest BCUT2D eigenvalue weighted by Gasteiger charge is -2.15. The average molecular weight is 354 g/mol. The summed E-state index contributed by atoms with van der Waals surface area (Å²) in [5.74, 6) is -0.0114. The largest absolute Gasteiger partial charge is 0.293 e. The van der Waals surface area contributed by atoms with Crippen molar-refractivity contribution in [2.24, 2.45) is 7.05 Å². The molecule has 4 aromatic rings. The van der Waals surface area contributed by atoms with Gasteiger partial charge >= 0.3 is 0 Å². The van der Waals surface area contributed by atoms with Crippen molar-refractivity contribution in [2.45, 2.75) is 26.2 Å². The van der Waals surface area contributed by atoms with Gasteiger partial charge in [0.1, 0.15) is 7.05 Å².